The lowest BCUT2D eigenvalue weighted by atomic mass is 9.96. The molecule has 7 aromatic carbocycles. The quantitative estimate of drug-likeness (QED) is 0.204. The number of nitrogens with one attached hydrogen (secondary N) is 1. The van der Waals surface area contributed by atoms with Crippen molar-refractivity contribution in [3.63, 3.8) is 0 Å². The van der Waals surface area contributed by atoms with Gasteiger partial charge in [0.1, 0.15) is 12.0 Å². The van der Waals surface area contributed by atoms with Crippen LogP contribution in [0, 0.1) is 0 Å². The monoisotopic (exact) mass is 619 g/mol. The minimum Gasteiger partial charge on any atom is -0.344 e. The van der Waals surface area contributed by atoms with Crippen LogP contribution in [0.5, 0.6) is 0 Å². The SMILES string of the molecule is c1ccc(C2=NC(c3cccc4sc5ccc(-c6cccc7ccccc67)cc5c34)=NC(c3ccc(-c4ccccc4)cc3)N2)cc1. The average molecular weight is 620 g/mol. The molecule has 8 aromatic rings. The lowest BCUT2D eigenvalue weighted by molar-refractivity contribution is 0.674. The van der Waals surface area contributed by atoms with Crippen molar-refractivity contribution in [2.75, 3.05) is 0 Å². The summed E-state index contributed by atoms with van der Waals surface area (Å²) in [5.74, 6) is 1.56. The first-order valence-electron chi connectivity index (χ1n) is 15.9. The first-order valence-corrected chi connectivity index (χ1v) is 16.7. The molecule has 0 spiro atoms. The fourth-order valence-electron chi connectivity index (χ4n) is 6.63. The van der Waals surface area contributed by atoms with Crippen molar-refractivity contribution in [3.05, 3.63) is 180 Å². The van der Waals surface area contributed by atoms with Crippen LogP contribution in [-0.4, -0.2) is 11.7 Å². The van der Waals surface area contributed by atoms with Gasteiger partial charge in [-0.15, -0.1) is 11.3 Å². The van der Waals surface area contributed by atoms with Gasteiger partial charge in [-0.25, -0.2) is 9.98 Å². The Morgan fingerprint density at radius 1 is 0.489 bits per heavy atom. The summed E-state index contributed by atoms with van der Waals surface area (Å²) in [5.41, 5.74) is 8.00. The first kappa shape index (κ1) is 27.5. The number of hydrogen-bond donors (Lipinski definition) is 1. The van der Waals surface area contributed by atoms with Crippen LogP contribution in [0.2, 0.25) is 0 Å². The number of benzene rings is 7. The molecule has 0 radical (unpaired) electrons. The van der Waals surface area contributed by atoms with E-state index in [0.29, 0.717) is 0 Å². The molecule has 3 nitrogen and oxygen atoms in total. The molecule has 0 saturated heterocycles. The van der Waals surface area contributed by atoms with Gasteiger partial charge in [0.25, 0.3) is 0 Å². The number of nitrogens with zero attached hydrogens (tertiary/aromatic N) is 2. The number of fused-ring (bicyclic) bond motifs is 4. The molecule has 9 rings (SSSR count). The normalized spacial score (nSPS) is 14.6. The zero-order valence-electron chi connectivity index (χ0n) is 25.5. The highest BCUT2D eigenvalue weighted by molar-refractivity contribution is 7.25. The van der Waals surface area contributed by atoms with Gasteiger partial charge in [0, 0.05) is 31.3 Å². The summed E-state index contributed by atoms with van der Waals surface area (Å²) in [6, 6.07) is 58.1. The van der Waals surface area contributed by atoms with Gasteiger partial charge in [-0.1, -0.05) is 146 Å². The zero-order valence-corrected chi connectivity index (χ0v) is 26.3. The van der Waals surface area contributed by atoms with E-state index < -0.39 is 0 Å². The number of hydrogen-bond acceptors (Lipinski definition) is 4. The Bertz CT molecular complexity index is 2470. The molecule has 0 fully saturated rings. The molecule has 2 heterocycles. The number of thiophene rings is 1. The maximum atomic E-state index is 5.28. The topological polar surface area (TPSA) is 36.8 Å². The van der Waals surface area contributed by atoms with Gasteiger partial charge >= 0.3 is 0 Å². The van der Waals surface area contributed by atoms with E-state index in [2.05, 4.69) is 157 Å². The molecule has 0 saturated carbocycles. The van der Waals surface area contributed by atoms with Crippen LogP contribution in [0.4, 0.5) is 0 Å². The Hall–Kier alpha value is -5.84. The molecule has 47 heavy (non-hydrogen) atoms. The van der Waals surface area contributed by atoms with E-state index in [1.54, 1.807) is 0 Å². The van der Waals surface area contributed by atoms with Crippen molar-refractivity contribution in [3.8, 4) is 22.3 Å². The Morgan fingerprint density at radius 2 is 1.15 bits per heavy atom. The largest absolute Gasteiger partial charge is 0.344 e. The van der Waals surface area contributed by atoms with Crippen LogP contribution in [0.25, 0.3) is 53.2 Å². The molecular formula is C43H29N3S. The third-order valence-corrected chi connectivity index (χ3v) is 10.1. The Morgan fingerprint density at radius 3 is 1.98 bits per heavy atom. The van der Waals surface area contributed by atoms with Crippen molar-refractivity contribution in [2.45, 2.75) is 6.17 Å². The third kappa shape index (κ3) is 5.00. The van der Waals surface area contributed by atoms with E-state index in [-0.39, 0.29) is 6.17 Å². The Labute approximate surface area is 277 Å². The summed E-state index contributed by atoms with van der Waals surface area (Å²) in [7, 11) is 0. The fraction of sp³-hybridized carbons (Fsp3) is 0.0233. The highest BCUT2D eigenvalue weighted by Gasteiger charge is 2.23. The molecule has 1 N–H and O–H groups in total. The predicted octanol–water partition coefficient (Wildman–Crippen LogP) is 11.0. The van der Waals surface area contributed by atoms with Crippen molar-refractivity contribution in [1.82, 2.24) is 5.32 Å². The molecule has 1 atom stereocenters. The maximum absolute atomic E-state index is 5.28. The maximum Gasteiger partial charge on any atom is 0.160 e. The van der Waals surface area contributed by atoms with Crippen LogP contribution >= 0.6 is 11.3 Å². The summed E-state index contributed by atoms with van der Waals surface area (Å²) in [4.78, 5) is 10.5. The van der Waals surface area contributed by atoms with Gasteiger partial charge in [0.15, 0.2) is 5.84 Å². The smallest absolute Gasteiger partial charge is 0.160 e. The van der Waals surface area contributed by atoms with Gasteiger partial charge in [-0.2, -0.15) is 0 Å². The Kier molecular flexibility index (Phi) is 6.72. The molecule has 0 aliphatic carbocycles. The lowest BCUT2D eigenvalue weighted by Gasteiger charge is -2.24. The molecule has 0 bridgehead atoms. The molecule has 1 unspecified atom stereocenters. The fourth-order valence-corrected chi connectivity index (χ4v) is 7.74. The molecule has 1 aliphatic heterocycles. The average Bonchev–Trinajstić information content (AvgIpc) is 3.53. The van der Waals surface area contributed by atoms with E-state index in [1.165, 1.54) is 53.2 Å². The summed E-state index contributed by atoms with van der Waals surface area (Å²) in [6.07, 6.45) is -0.283. The predicted molar refractivity (Wildman–Crippen MR) is 200 cm³/mol. The van der Waals surface area contributed by atoms with Gasteiger partial charge < -0.3 is 5.32 Å². The van der Waals surface area contributed by atoms with Crippen LogP contribution in [0.1, 0.15) is 22.9 Å². The third-order valence-electron chi connectivity index (χ3n) is 8.96. The van der Waals surface area contributed by atoms with E-state index >= 15 is 0 Å². The van der Waals surface area contributed by atoms with Gasteiger partial charge in [-0.3, -0.25) is 0 Å². The van der Waals surface area contributed by atoms with Crippen LogP contribution in [0.3, 0.4) is 0 Å². The number of aliphatic imine (C=N–C) groups is 2. The molecular weight excluding hydrogens is 591 g/mol. The van der Waals surface area contributed by atoms with E-state index in [4.69, 9.17) is 9.98 Å². The second-order valence-corrected chi connectivity index (χ2v) is 12.9. The van der Waals surface area contributed by atoms with Crippen molar-refractivity contribution in [2.24, 2.45) is 9.98 Å². The van der Waals surface area contributed by atoms with Crippen molar-refractivity contribution < 1.29 is 0 Å². The molecule has 1 aromatic heterocycles. The lowest BCUT2D eigenvalue weighted by Crippen LogP contribution is -2.33. The van der Waals surface area contributed by atoms with Crippen LogP contribution in [0.15, 0.2) is 174 Å². The summed E-state index contributed by atoms with van der Waals surface area (Å²) in [5, 5.41) is 8.57. The van der Waals surface area contributed by atoms with Gasteiger partial charge in [0.2, 0.25) is 0 Å². The molecule has 1 aliphatic rings. The highest BCUT2D eigenvalue weighted by Crippen LogP contribution is 2.40. The van der Waals surface area contributed by atoms with Crippen LogP contribution in [-0.2, 0) is 0 Å². The minimum absolute atomic E-state index is 0.283. The zero-order chi connectivity index (χ0) is 31.2. The van der Waals surface area contributed by atoms with Gasteiger partial charge in [0.05, 0.1) is 0 Å². The summed E-state index contributed by atoms with van der Waals surface area (Å²) >= 11 is 1.82. The molecule has 4 heteroatoms. The van der Waals surface area contributed by atoms with Crippen LogP contribution < -0.4 is 5.32 Å². The molecule has 0 amide bonds. The second-order valence-electron chi connectivity index (χ2n) is 11.8. The second kappa shape index (κ2) is 11.5. The van der Waals surface area contributed by atoms with Gasteiger partial charge in [-0.05, 0) is 56.8 Å². The first-order chi connectivity index (χ1) is 23.3. The van der Waals surface area contributed by atoms with E-state index in [9.17, 15) is 0 Å². The molecule has 222 valence electrons. The summed E-state index contributed by atoms with van der Waals surface area (Å²) < 4.78 is 2.49. The number of rotatable bonds is 5. The Balaban J connectivity index is 1.20. The highest BCUT2D eigenvalue weighted by atomic mass is 32.1. The minimum atomic E-state index is -0.283. The standard InChI is InChI=1S/C43H29N3S/c1-3-11-28(12-4-1)29-21-23-32(24-22-29)42-44-41(31-14-5-2-6-15-31)45-43(46-42)36-19-10-20-39-40(36)37-27-33(25-26-38(37)47-39)35-18-9-16-30-13-7-8-17-34(30)35/h1-27,42H,(H,44,45,46). The van der Waals surface area contributed by atoms with Crippen molar-refractivity contribution >= 4 is 54.0 Å². The number of amidine groups is 2. The summed E-state index contributed by atoms with van der Waals surface area (Å²) in [6.45, 7) is 0. The van der Waals surface area contributed by atoms with Crippen molar-refractivity contribution in [1.29, 1.82) is 0 Å². The van der Waals surface area contributed by atoms with E-state index in [1.807, 2.05) is 23.5 Å². The van der Waals surface area contributed by atoms with E-state index in [0.717, 1.165) is 28.4 Å².